The summed E-state index contributed by atoms with van der Waals surface area (Å²) in [7, 11) is 0. The first-order valence-corrected chi connectivity index (χ1v) is 29.4. The molecule has 65 heavy (non-hydrogen) atoms. The maximum atomic E-state index is 12.4. The van der Waals surface area contributed by atoms with E-state index >= 15 is 0 Å². The predicted molar refractivity (Wildman–Crippen MR) is 283 cm³/mol. The van der Waals surface area contributed by atoms with Gasteiger partial charge in [0.05, 0.1) is 25.4 Å². The first-order valence-electron chi connectivity index (χ1n) is 29.4. The zero-order valence-electron chi connectivity index (χ0n) is 44.0. The minimum absolute atomic E-state index is 0.0142. The van der Waals surface area contributed by atoms with Crippen molar-refractivity contribution in [2.45, 2.75) is 341 Å². The van der Waals surface area contributed by atoms with Crippen molar-refractivity contribution in [2.24, 2.45) is 0 Å². The van der Waals surface area contributed by atoms with E-state index in [1.165, 1.54) is 257 Å². The molecule has 0 aromatic rings. The summed E-state index contributed by atoms with van der Waals surface area (Å²) < 4.78 is 5.49. The van der Waals surface area contributed by atoms with Crippen LogP contribution in [-0.2, 0) is 14.3 Å². The molecule has 0 fully saturated rings. The number of unbranched alkanes of at least 4 members (excludes halogenated alkanes) is 42. The summed E-state index contributed by atoms with van der Waals surface area (Å²) >= 11 is 0. The highest BCUT2D eigenvalue weighted by Gasteiger charge is 2.20. The van der Waals surface area contributed by atoms with Gasteiger partial charge in [-0.1, -0.05) is 276 Å². The van der Waals surface area contributed by atoms with Gasteiger partial charge in [-0.25, -0.2) is 0 Å². The highest BCUT2D eigenvalue weighted by atomic mass is 16.5. The van der Waals surface area contributed by atoms with Crippen molar-refractivity contribution in [3.63, 3.8) is 0 Å². The standard InChI is InChI=1S/C59H115NO5/c1-3-5-7-9-11-13-14-15-16-23-27-30-33-37-41-45-49-53-59(64)65-54-50-46-42-38-34-31-28-25-22-20-18-17-19-21-24-26-29-32-36-40-44-48-52-58(63)60-56(55-61)57(62)51-47-43-39-35-12-10-8-6-4-2/h19,21,56-57,61-62H,3-18,20,22-55H2,1-2H3,(H,60,63)/b21-19-. The number of hydrogen-bond donors (Lipinski definition) is 3. The Morgan fingerprint density at radius 1 is 0.415 bits per heavy atom. The number of aliphatic hydroxyl groups excluding tert-OH is 2. The van der Waals surface area contributed by atoms with Gasteiger partial charge < -0.3 is 20.3 Å². The van der Waals surface area contributed by atoms with E-state index in [0.29, 0.717) is 25.9 Å². The van der Waals surface area contributed by atoms with Gasteiger partial charge in [-0.15, -0.1) is 0 Å². The fourth-order valence-electron chi connectivity index (χ4n) is 9.28. The number of esters is 1. The molecule has 2 unspecified atom stereocenters. The number of ether oxygens (including phenoxy) is 1. The van der Waals surface area contributed by atoms with Crippen LogP contribution in [0.5, 0.6) is 0 Å². The van der Waals surface area contributed by atoms with Crippen molar-refractivity contribution in [3.05, 3.63) is 12.2 Å². The highest BCUT2D eigenvalue weighted by molar-refractivity contribution is 5.76. The summed E-state index contributed by atoms with van der Waals surface area (Å²) in [5, 5.41) is 23.1. The molecule has 0 radical (unpaired) electrons. The molecule has 0 aromatic carbocycles. The molecule has 6 nitrogen and oxygen atoms in total. The van der Waals surface area contributed by atoms with E-state index in [1.54, 1.807) is 0 Å². The van der Waals surface area contributed by atoms with E-state index in [1.807, 2.05) is 0 Å². The average molecular weight is 919 g/mol. The second-order valence-electron chi connectivity index (χ2n) is 20.3. The van der Waals surface area contributed by atoms with Gasteiger partial charge in [0.15, 0.2) is 0 Å². The number of aliphatic hydroxyl groups is 2. The third-order valence-corrected chi connectivity index (χ3v) is 13.8. The van der Waals surface area contributed by atoms with Crippen molar-refractivity contribution in [1.29, 1.82) is 0 Å². The second kappa shape index (κ2) is 55.2. The molecular weight excluding hydrogens is 803 g/mol. The Morgan fingerprint density at radius 2 is 0.723 bits per heavy atom. The Balaban J connectivity index is 3.36. The maximum Gasteiger partial charge on any atom is 0.305 e. The molecule has 0 heterocycles. The summed E-state index contributed by atoms with van der Waals surface area (Å²) in [5.41, 5.74) is 0. The topological polar surface area (TPSA) is 95.9 Å². The van der Waals surface area contributed by atoms with Gasteiger partial charge in [-0.05, 0) is 51.4 Å². The minimum Gasteiger partial charge on any atom is -0.466 e. The van der Waals surface area contributed by atoms with Gasteiger partial charge in [0.1, 0.15) is 0 Å². The van der Waals surface area contributed by atoms with Crippen LogP contribution in [-0.4, -0.2) is 47.4 Å². The number of nitrogens with one attached hydrogen (secondary N) is 1. The lowest BCUT2D eigenvalue weighted by molar-refractivity contribution is -0.143. The van der Waals surface area contributed by atoms with Crippen LogP contribution < -0.4 is 5.32 Å². The third-order valence-electron chi connectivity index (χ3n) is 13.8. The smallest absolute Gasteiger partial charge is 0.305 e. The van der Waals surface area contributed by atoms with Gasteiger partial charge in [0.2, 0.25) is 5.91 Å². The molecule has 0 aliphatic carbocycles. The summed E-state index contributed by atoms with van der Waals surface area (Å²) in [4.78, 5) is 24.5. The highest BCUT2D eigenvalue weighted by Crippen LogP contribution is 2.17. The number of hydrogen-bond acceptors (Lipinski definition) is 5. The number of allylic oxidation sites excluding steroid dienone is 2. The van der Waals surface area contributed by atoms with Crippen LogP contribution in [0.4, 0.5) is 0 Å². The molecule has 3 N–H and O–H groups in total. The van der Waals surface area contributed by atoms with E-state index in [9.17, 15) is 19.8 Å². The zero-order chi connectivity index (χ0) is 47.2. The van der Waals surface area contributed by atoms with Gasteiger partial charge in [-0.2, -0.15) is 0 Å². The first-order chi connectivity index (χ1) is 32.0. The molecule has 0 bridgehead atoms. The Bertz CT molecular complexity index is 970. The Labute approximate surface area is 406 Å². The van der Waals surface area contributed by atoms with E-state index in [0.717, 1.165) is 38.5 Å². The van der Waals surface area contributed by atoms with Crippen LogP contribution in [0.3, 0.4) is 0 Å². The van der Waals surface area contributed by atoms with Gasteiger partial charge >= 0.3 is 5.97 Å². The molecule has 0 aliphatic heterocycles. The van der Waals surface area contributed by atoms with Crippen LogP contribution in [0.2, 0.25) is 0 Å². The molecule has 0 rings (SSSR count). The molecular formula is C59H115NO5. The van der Waals surface area contributed by atoms with Crippen LogP contribution in [0, 0.1) is 0 Å². The monoisotopic (exact) mass is 918 g/mol. The van der Waals surface area contributed by atoms with Crippen molar-refractivity contribution in [3.8, 4) is 0 Å². The van der Waals surface area contributed by atoms with Crippen molar-refractivity contribution in [1.82, 2.24) is 5.32 Å². The summed E-state index contributed by atoms with van der Waals surface area (Å²) in [6.45, 7) is 4.95. The summed E-state index contributed by atoms with van der Waals surface area (Å²) in [5.74, 6) is -0.0292. The van der Waals surface area contributed by atoms with Crippen LogP contribution in [0.15, 0.2) is 12.2 Å². The van der Waals surface area contributed by atoms with E-state index < -0.39 is 12.1 Å². The van der Waals surface area contributed by atoms with E-state index in [2.05, 4.69) is 31.3 Å². The Kier molecular flexibility index (Phi) is 54.0. The Morgan fingerprint density at radius 3 is 1.09 bits per heavy atom. The van der Waals surface area contributed by atoms with Crippen LogP contribution in [0.1, 0.15) is 328 Å². The van der Waals surface area contributed by atoms with E-state index in [-0.39, 0.29) is 18.5 Å². The van der Waals surface area contributed by atoms with Crippen LogP contribution >= 0.6 is 0 Å². The predicted octanol–water partition coefficient (Wildman–Crippen LogP) is 18.1. The molecule has 6 heteroatoms. The SMILES string of the molecule is CCCCCCCCCCCCCCCCCCCC(=O)OCCCCCCCCCCCCC/C=C\CCCCCCCCCC(=O)NC(CO)C(O)CCCCCCCCCCC. The Hall–Kier alpha value is -1.40. The normalized spacial score (nSPS) is 12.6. The van der Waals surface area contributed by atoms with Gasteiger partial charge in [-0.3, -0.25) is 9.59 Å². The van der Waals surface area contributed by atoms with E-state index in [4.69, 9.17) is 4.74 Å². The molecule has 0 saturated carbocycles. The summed E-state index contributed by atoms with van der Waals surface area (Å²) in [6, 6.07) is -0.543. The van der Waals surface area contributed by atoms with Gasteiger partial charge in [0, 0.05) is 12.8 Å². The fourth-order valence-corrected chi connectivity index (χ4v) is 9.28. The number of carbonyl (C=O) groups is 2. The number of carbonyl (C=O) groups excluding carboxylic acids is 2. The number of amides is 1. The fraction of sp³-hybridized carbons (Fsp3) is 0.932. The largest absolute Gasteiger partial charge is 0.466 e. The van der Waals surface area contributed by atoms with Crippen molar-refractivity contribution in [2.75, 3.05) is 13.2 Å². The quantitative estimate of drug-likeness (QED) is 0.0321. The maximum absolute atomic E-state index is 12.4. The lowest BCUT2D eigenvalue weighted by atomic mass is 10.0. The average Bonchev–Trinajstić information content (AvgIpc) is 3.31. The summed E-state index contributed by atoms with van der Waals surface area (Å²) in [6.07, 6.45) is 65.1. The third kappa shape index (κ3) is 51.8. The minimum atomic E-state index is -0.665. The first kappa shape index (κ1) is 63.6. The molecule has 0 aliphatic rings. The lowest BCUT2D eigenvalue weighted by Crippen LogP contribution is -2.45. The van der Waals surface area contributed by atoms with Crippen LogP contribution in [0.25, 0.3) is 0 Å². The van der Waals surface area contributed by atoms with Crippen molar-refractivity contribution >= 4 is 11.9 Å². The van der Waals surface area contributed by atoms with Crippen molar-refractivity contribution < 1.29 is 24.5 Å². The molecule has 386 valence electrons. The molecule has 2 atom stereocenters. The molecule has 1 amide bonds. The molecule has 0 aromatic heterocycles. The second-order valence-corrected chi connectivity index (χ2v) is 20.3. The lowest BCUT2D eigenvalue weighted by Gasteiger charge is -2.22. The van der Waals surface area contributed by atoms with Gasteiger partial charge in [0.25, 0.3) is 0 Å². The number of rotatable bonds is 55. The zero-order valence-corrected chi connectivity index (χ0v) is 44.0. The molecule has 0 saturated heterocycles. The molecule has 0 spiro atoms.